The van der Waals surface area contributed by atoms with Gasteiger partial charge in [0.1, 0.15) is 11.5 Å². The number of hydrogen-bond acceptors (Lipinski definition) is 3. The fraction of sp³-hybridized carbons (Fsp3) is 0.533. The lowest BCUT2D eigenvalue weighted by Crippen LogP contribution is -2.13. The quantitative estimate of drug-likeness (QED) is 0.859. The van der Waals surface area contributed by atoms with Gasteiger partial charge in [-0.1, -0.05) is 20.8 Å². The molecule has 4 nitrogen and oxygen atoms in total. The summed E-state index contributed by atoms with van der Waals surface area (Å²) in [4.78, 5) is 11.0. The maximum Gasteiger partial charge on any atom is 0.306 e. The van der Waals surface area contributed by atoms with Crippen LogP contribution in [0.1, 0.15) is 37.8 Å². The lowest BCUT2D eigenvalue weighted by atomic mass is 9.95. The van der Waals surface area contributed by atoms with E-state index in [9.17, 15) is 4.79 Å². The van der Waals surface area contributed by atoms with Gasteiger partial charge in [0, 0.05) is 5.56 Å². The van der Waals surface area contributed by atoms with Crippen molar-refractivity contribution in [2.75, 3.05) is 14.2 Å². The van der Waals surface area contributed by atoms with Crippen molar-refractivity contribution < 1.29 is 19.4 Å². The van der Waals surface area contributed by atoms with Gasteiger partial charge in [0.2, 0.25) is 0 Å². The van der Waals surface area contributed by atoms with E-state index >= 15 is 0 Å². The molecule has 0 aliphatic heterocycles. The second-order valence-electron chi connectivity index (χ2n) is 5.00. The predicted octanol–water partition coefficient (Wildman–Crippen LogP) is 3.09. The Morgan fingerprint density at radius 3 is 2.16 bits per heavy atom. The fourth-order valence-electron chi connectivity index (χ4n) is 2.01. The molecule has 0 saturated carbocycles. The summed E-state index contributed by atoms with van der Waals surface area (Å²) in [6, 6.07) is 3.82. The molecule has 0 saturated heterocycles. The van der Waals surface area contributed by atoms with Gasteiger partial charge >= 0.3 is 5.97 Å². The lowest BCUT2D eigenvalue weighted by Gasteiger charge is -2.18. The average molecular weight is 266 g/mol. The Balaban J connectivity index is 3.20. The van der Waals surface area contributed by atoms with Crippen molar-refractivity contribution in [1.82, 2.24) is 0 Å². The smallest absolute Gasteiger partial charge is 0.306 e. The van der Waals surface area contributed by atoms with Gasteiger partial charge in [-0.25, -0.2) is 0 Å². The third-order valence-corrected chi connectivity index (χ3v) is 3.20. The normalized spacial score (nSPS) is 12.3. The number of methoxy groups -OCH3 is 2. The van der Waals surface area contributed by atoms with Crippen molar-refractivity contribution in [3.63, 3.8) is 0 Å². The van der Waals surface area contributed by atoms with Crippen molar-refractivity contribution in [3.8, 4) is 11.5 Å². The molecule has 0 amide bonds. The van der Waals surface area contributed by atoms with Gasteiger partial charge in [0.15, 0.2) is 0 Å². The van der Waals surface area contributed by atoms with E-state index in [1.165, 1.54) is 0 Å². The minimum atomic E-state index is -0.811. The minimum Gasteiger partial charge on any atom is -0.496 e. The van der Waals surface area contributed by atoms with Crippen LogP contribution < -0.4 is 9.47 Å². The highest BCUT2D eigenvalue weighted by Gasteiger charge is 2.18. The van der Waals surface area contributed by atoms with Crippen LogP contribution in [0, 0.1) is 5.92 Å². The second kappa shape index (κ2) is 6.45. The first-order chi connectivity index (χ1) is 8.90. The summed E-state index contributed by atoms with van der Waals surface area (Å²) < 4.78 is 10.8. The molecule has 106 valence electrons. The molecule has 1 atom stereocenters. The second-order valence-corrected chi connectivity index (χ2v) is 5.00. The molecule has 0 heterocycles. The SMILES string of the molecule is COc1cc(C(C)C)c(OC)cc1CC(C)C(=O)O. The Morgan fingerprint density at radius 1 is 1.16 bits per heavy atom. The van der Waals surface area contributed by atoms with Crippen LogP contribution in [0.15, 0.2) is 12.1 Å². The largest absolute Gasteiger partial charge is 0.496 e. The van der Waals surface area contributed by atoms with Crippen LogP contribution >= 0.6 is 0 Å². The first-order valence-electron chi connectivity index (χ1n) is 6.38. The van der Waals surface area contributed by atoms with Crippen molar-refractivity contribution in [3.05, 3.63) is 23.3 Å². The van der Waals surface area contributed by atoms with Crippen molar-refractivity contribution in [2.45, 2.75) is 33.1 Å². The summed E-state index contributed by atoms with van der Waals surface area (Å²) in [6.07, 6.45) is 0.424. The molecule has 1 aromatic carbocycles. The Labute approximate surface area is 114 Å². The van der Waals surface area contributed by atoms with Gasteiger partial charge in [-0.2, -0.15) is 0 Å². The number of ether oxygens (including phenoxy) is 2. The molecule has 1 rings (SSSR count). The highest BCUT2D eigenvalue weighted by atomic mass is 16.5. The average Bonchev–Trinajstić information content (AvgIpc) is 2.37. The highest BCUT2D eigenvalue weighted by molar-refractivity contribution is 5.70. The molecule has 0 aromatic heterocycles. The zero-order valence-corrected chi connectivity index (χ0v) is 12.2. The molecule has 0 bridgehead atoms. The van der Waals surface area contributed by atoms with Gasteiger partial charge in [-0.3, -0.25) is 4.79 Å². The fourth-order valence-corrected chi connectivity index (χ4v) is 2.01. The molecule has 0 aliphatic carbocycles. The van der Waals surface area contributed by atoms with Gasteiger partial charge in [-0.15, -0.1) is 0 Å². The number of carboxylic acid groups (broad SMARTS) is 1. The van der Waals surface area contributed by atoms with Crippen LogP contribution in [0.5, 0.6) is 11.5 Å². The molecule has 1 aromatic rings. The molecule has 0 fully saturated rings. The third-order valence-electron chi connectivity index (χ3n) is 3.20. The standard InChI is InChI=1S/C15H22O4/c1-9(2)12-8-13(18-4)11(7-14(12)19-5)6-10(3)15(16)17/h7-10H,6H2,1-5H3,(H,16,17). The van der Waals surface area contributed by atoms with Crippen LogP contribution in [0.4, 0.5) is 0 Å². The molecule has 0 spiro atoms. The Bertz CT molecular complexity index is 452. The summed E-state index contributed by atoms with van der Waals surface area (Å²) in [7, 11) is 3.22. The van der Waals surface area contributed by atoms with E-state index in [1.54, 1.807) is 21.1 Å². The van der Waals surface area contributed by atoms with E-state index in [-0.39, 0.29) is 0 Å². The lowest BCUT2D eigenvalue weighted by molar-refractivity contribution is -0.141. The predicted molar refractivity (Wildman–Crippen MR) is 74.1 cm³/mol. The number of hydrogen-bond donors (Lipinski definition) is 1. The van der Waals surface area contributed by atoms with Crippen LogP contribution in [0.25, 0.3) is 0 Å². The van der Waals surface area contributed by atoms with Gasteiger partial charge in [0.05, 0.1) is 20.1 Å². The van der Waals surface area contributed by atoms with E-state index < -0.39 is 11.9 Å². The van der Waals surface area contributed by atoms with Crippen LogP contribution in [0.3, 0.4) is 0 Å². The molecular weight excluding hydrogens is 244 g/mol. The molecule has 1 unspecified atom stereocenters. The molecule has 0 radical (unpaired) electrons. The van der Waals surface area contributed by atoms with Crippen molar-refractivity contribution in [2.24, 2.45) is 5.92 Å². The molecule has 0 aliphatic rings. The van der Waals surface area contributed by atoms with E-state index in [1.807, 2.05) is 12.1 Å². The summed E-state index contributed by atoms with van der Waals surface area (Å²) in [6.45, 7) is 5.85. The van der Waals surface area contributed by atoms with E-state index in [2.05, 4.69) is 13.8 Å². The van der Waals surface area contributed by atoms with E-state index in [0.29, 0.717) is 12.3 Å². The Hall–Kier alpha value is -1.71. The number of carboxylic acids is 1. The van der Waals surface area contributed by atoms with Crippen LogP contribution in [-0.2, 0) is 11.2 Å². The van der Waals surface area contributed by atoms with Crippen molar-refractivity contribution >= 4 is 5.97 Å². The molecular formula is C15H22O4. The van der Waals surface area contributed by atoms with Crippen LogP contribution in [-0.4, -0.2) is 25.3 Å². The summed E-state index contributed by atoms with van der Waals surface area (Å²) >= 11 is 0. The monoisotopic (exact) mass is 266 g/mol. The van der Waals surface area contributed by atoms with Gasteiger partial charge in [-0.05, 0) is 30.0 Å². The van der Waals surface area contributed by atoms with E-state index in [0.717, 1.165) is 22.6 Å². The van der Waals surface area contributed by atoms with E-state index in [4.69, 9.17) is 14.6 Å². The number of aliphatic carboxylic acids is 1. The maximum atomic E-state index is 11.0. The molecule has 19 heavy (non-hydrogen) atoms. The zero-order valence-electron chi connectivity index (χ0n) is 12.2. The number of carbonyl (C=O) groups is 1. The highest BCUT2D eigenvalue weighted by Crippen LogP contribution is 2.34. The summed E-state index contributed by atoms with van der Waals surface area (Å²) in [5.41, 5.74) is 1.92. The maximum absolute atomic E-state index is 11.0. The van der Waals surface area contributed by atoms with Gasteiger partial charge in [0.25, 0.3) is 0 Å². The number of benzene rings is 1. The summed E-state index contributed by atoms with van der Waals surface area (Å²) in [5, 5.41) is 9.00. The van der Waals surface area contributed by atoms with Crippen molar-refractivity contribution in [1.29, 1.82) is 0 Å². The van der Waals surface area contributed by atoms with Gasteiger partial charge < -0.3 is 14.6 Å². The summed E-state index contributed by atoms with van der Waals surface area (Å²) in [5.74, 6) is 0.549. The molecule has 1 N–H and O–H groups in total. The number of rotatable bonds is 6. The Kier molecular flexibility index (Phi) is 5.21. The first-order valence-corrected chi connectivity index (χ1v) is 6.38. The molecule has 4 heteroatoms. The third kappa shape index (κ3) is 3.63. The van der Waals surface area contributed by atoms with Crippen LogP contribution in [0.2, 0.25) is 0 Å². The topological polar surface area (TPSA) is 55.8 Å². The first kappa shape index (κ1) is 15.3. The minimum absolute atomic E-state index is 0.315. The Morgan fingerprint density at radius 2 is 1.74 bits per heavy atom. The zero-order chi connectivity index (χ0) is 14.6.